The lowest BCUT2D eigenvalue weighted by atomic mass is 9.79. The summed E-state index contributed by atoms with van der Waals surface area (Å²) >= 11 is 1.62. The van der Waals surface area contributed by atoms with E-state index in [1.165, 1.54) is 11.1 Å². The molecule has 0 aromatic heterocycles. The predicted molar refractivity (Wildman–Crippen MR) is 136 cm³/mol. The molecule has 9 nitrogen and oxygen atoms in total. The summed E-state index contributed by atoms with van der Waals surface area (Å²) < 4.78 is 13.2. The molecule has 10 heteroatoms. The summed E-state index contributed by atoms with van der Waals surface area (Å²) in [5.74, 6) is 0.135. The van der Waals surface area contributed by atoms with Crippen LogP contribution in [0, 0.1) is 23.7 Å². The van der Waals surface area contributed by atoms with Crippen molar-refractivity contribution in [3.63, 3.8) is 0 Å². The molecular formula is C26H34N4O5S. The van der Waals surface area contributed by atoms with E-state index >= 15 is 0 Å². The highest BCUT2D eigenvalue weighted by Gasteiger charge is 2.43. The van der Waals surface area contributed by atoms with E-state index in [0.717, 1.165) is 25.1 Å². The fraction of sp³-hybridized carbons (Fsp3) is 0.577. The lowest BCUT2D eigenvalue weighted by Gasteiger charge is -2.40. The molecule has 2 amide bonds. The van der Waals surface area contributed by atoms with Gasteiger partial charge in [0.15, 0.2) is 0 Å². The molecule has 1 aromatic carbocycles. The number of hydrogen-bond acceptors (Lipinski definition) is 8. The number of benzene rings is 1. The Hall–Kier alpha value is -2.58. The SMILES string of the molecule is Cc1cc(C#N)ccc1C1=CCN(SCC2(C(=O)NO)CCN(C(=O)OC3CCOCC3)CC2)CC1. The van der Waals surface area contributed by atoms with Crippen LogP contribution in [0.15, 0.2) is 24.3 Å². The molecule has 3 aliphatic rings. The molecule has 0 saturated carbocycles. The van der Waals surface area contributed by atoms with Crippen LogP contribution in [0.4, 0.5) is 4.79 Å². The monoisotopic (exact) mass is 514 g/mol. The minimum atomic E-state index is -0.747. The van der Waals surface area contributed by atoms with E-state index in [0.29, 0.717) is 63.3 Å². The average molecular weight is 515 g/mol. The molecule has 36 heavy (non-hydrogen) atoms. The van der Waals surface area contributed by atoms with Gasteiger partial charge in [-0.15, -0.1) is 0 Å². The van der Waals surface area contributed by atoms with Crippen LogP contribution >= 0.6 is 11.9 Å². The number of likely N-dealkylation sites (tertiary alicyclic amines) is 1. The number of amides is 2. The summed E-state index contributed by atoms with van der Waals surface area (Å²) in [6.45, 7) is 5.66. The lowest BCUT2D eigenvalue weighted by Crippen LogP contribution is -2.51. The summed E-state index contributed by atoms with van der Waals surface area (Å²) in [7, 11) is 0. The van der Waals surface area contributed by atoms with Gasteiger partial charge in [0.05, 0.1) is 30.3 Å². The average Bonchev–Trinajstić information content (AvgIpc) is 2.92. The normalized spacial score (nSPS) is 20.8. The highest BCUT2D eigenvalue weighted by atomic mass is 32.2. The van der Waals surface area contributed by atoms with Gasteiger partial charge in [-0.2, -0.15) is 5.26 Å². The fourth-order valence-corrected chi connectivity index (χ4v) is 6.25. The minimum absolute atomic E-state index is 0.112. The Kier molecular flexibility index (Phi) is 8.90. The fourth-order valence-electron chi connectivity index (χ4n) is 5.00. The maximum absolute atomic E-state index is 12.7. The number of aryl methyl sites for hydroxylation is 1. The second-order valence-electron chi connectivity index (χ2n) is 9.69. The number of hydroxylamine groups is 1. The van der Waals surface area contributed by atoms with Gasteiger partial charge in [-0.1, -0.05) is 24.1 Å². The van der Waals surface area contributed by atoms with Crippen molar-refractivity contribution in [3.05, 3.63) is 41.0 Å². The Morgan fingerprint density at radius 2 is 2.03 bits per heavy atom. The standard InChI is InChI=1S/C26H34N4O5S/c1-19-16-20(17-27)2-3-23(19)21-4-10-30(11-5-21)36-18-26(24(31)28-33)8-12-29(13-9-26)25(32)35-22-6-14-34-15-7-22/h2-4,16,22,33H,5-15,18H2,1H3,(H,28,31). The molecule has 194 valence electrons. The number of carbonyl (C=O) groups is 2. The molecule has 0 spiro atoms. The summed E-state index contributed by atoms with van der Waals surface area (Å²) in [6, 6.07) is 7.97. The van der Waals surface area contributed by atoms with Crippen molar-refractivity contribution in [1.82, 2.24) is 14.7 Å². The molecule has 3 aliphatic heterocycles. The maximum atomic E-state index is 12.7. The van der Waals surface area contributed by atoms with Crippen molar-refractivity contribution in [2.45, 2.75) is 45.1 Å². The third-order valence-electron chi connectivity index (χ3n) is 7.39. The van der Waals surface area contributed by atoms with E-state index in [9.17, 15) is 14.8 Å². The summed E-state index contributed by atoms with van der Waals surface area (Å²) in [5.41, 5.74) is 5.33. The Labute approximate surface area is 216 Å². The predicted octanol–water partition coefficient (Wildman–Crippen LogP) is 3.51. The van der Waals surface area contributed by atoms with Crippen LogP contribution in [0.1, 0.15) is 48.8 Å². The van der Waals surface area contributed by atoms with Gasteiger partial charge in [0, 0.05) is 44.8 Å². The van der Waals surface area contributed by atoms with Crippen LogP contribution in [0.3, 0.4) is 0 Å². The topological polar surface area (TPSA) is 115 Å². The third-order valence-corrected chi connectivity index (χ3v) is 8.77. The third kappa shape index (κ3) is 6.21. The molecule has 0 bridgehead atoms. The molecule has 2 N–H and O–H groups in total. The van der Waals surface area contributed by atoms with Crippen molar-refractivity contribution in [1.29, 1.82) is 5.26 Å². The molecule has 0 atom stereocenters. The van der Waals surface area contributed by atoms with Crippen LogP contribution in [0.5, 0.6) is 0 Å². The summed E-state index contributed by atoms with van der Waals surface area (Å²) in [5, 5.41) is 18.5. The highest BCUT2D eigenvalue weighted by molar-refractivity contribution is 7.97. The van der Waals surface area contributed by atoms with E-state index in [2.05, 4.69) is 16.5 Å². The van der Waals surface area contributed by atoms with E-state index in [4.69, 9.17) is 14.7 Å². The zero-order valence-electron chi connectivity index (χ0n) is 20.7. The number of nitriles is 1. The van der Waals surface area contributed by atoms with E-state index in [1.54, 1.807) is 16.8 Å². The Balaban J connectivity index is 1.31. The summed E-state index contributed by atoms with van der Waals surface area (Å²) in [4.78, 5) is 27.0. The first kappa shape index (κ1) is 26.5. The Morgan fingerprint density at radius 3 is 2.64 bits per heavy atom. The van der Waals surface area contributed by atoms with Gasteiger partial charge in [-0.25, -0.2) is 14.6 Å². The molecular weight excluding hydrogens is 480 g/mol. The van der Waals surface area contributed by atoms with Gasteiger partial charge in [0.1, 0.15) is 6.10 Å². The number of hydrogen-bond donors (Lipinski definition) is 2. The quantitative estimate of drug-likeness (QED) is 0.337. The summed E-state index contributed by atoms with van der Waals surface area (Å²) in [6.07, 6.45) is 5.00. The molecule has 0 aliphatic carbocycles. The van der Waals surface area contributed by atoms with Gasteiger partial charge in [-0.05, 0) is 55.0 Å². The van der Waals surface area contributed by atoms with Crippen molar-refractivity contribution < 1.29 is 24.3 Å². The van der Waals surface area contributed by atoms with Gasteiger partial charge in [0.25, 0.3) is 5.91 Å². The van der Waals surface area contributed by atoms with Gasteiger partial charge in [0.2, 0.25) is 0 Å². The van der Waals surface area contributed by atoms with Crippen LogP contribution in [-0.2, 0) is 14.3 Å². The molecule has 0 radical (unpaired) electrons. The highest BCUT2D eigenvalue weighted by Crippen LogP contribution is 2.38. The number of ether oxygens (including phenoxy) is 2. The van der Waals surface area contributed by atoms with E-state index in [1.807, 2.05) is 30.6 Å². The Morgan fingerprint density at radius 1 is 1.28 bits per heavy atom. The molecule has 3 heterocycles. The minimum Gasteiger partial charge on any atom is -0.446 e. The number of rotatable bonds is 6. The van der Waals surface area contributed by atoms with Gasteiger partial charge >= 0.3 is 6.09 Å². The van der Waals surface area contributed by atoms with Crippen LogP contribution < -0.4 is 5.48 Å². The Bertz CT molecular complexity index is 1030. The second kappa shape index (κ2) is 12.1. The molecule has 0 unspecified atom stereocenters. The zero-order chi connectivity index (χ0) is 25.5. The zero-order valence-corrected chi connectivity index (χ0v) is 21.5. The lowest BCUT2D eigenvalue weighted by molar-refractivity contribution is -0.141. The maximum Gasteiger partial charge on any atom is 0.410 e. The van der Waals surface area contributed by atoms with Crippen LogP contribution in [0.25, 0.3) is 5.57 Å². The van der Waals surface area contributed by atoms with Crippen molar-refractivity contribution in [2.75, 3.05) is 45.1 Å². The largest absolute Gasteiger partial charge is 0.446 e. The number of carbonyl (C=O) groups excluding carboxylic acids is 2. The van der Waals surface area contributed by atoms with E-state index in [-0.39, 0.29) is 12.2 Å². The smallest absolute Gasteiger partial charge is 0.410 e. The van der Waals surface area contributed by atoms with Gasteiger partial charge in [-0.3, -0.25) is 10.0 Å². The molecule has 1 aromatic rings. The molecule has 2 fully saturated rings. The van der Waals surface area contributed by atoms with Crippen molar-refractivity contribution in [2.24, 2.45) is 5.41 Å². The second-order valence-corrected chi connectivity index (χ2v) is 10.7. The number of nitrogens with one attached hydrogen (secondary N) is 1. The van der Waals surface area contributed by atoms with E-state index < -0.39 is 11.3 Å². The first-order chi connectivity index (χ1) is 17.4. The molecule has 2 saturated heterocycles. The first-order valence-corrected chi connectivity index (χ1v) is 13.4. The van der Waals surface area contributed by atoms with Crippen LogP contribution in [-0.4, -0.2) is 77.7 Å². The van der Waals surface area contributed by atoms with Crippen molar-refractivity contribution >= 4 is 29.5 Å². The van der Waals surface area contributed by atoms with Crippen molar-refractivity contribution in [3.8, 4) is 6.07 Å². The van der Waals surface area contributed by atoms with Gasteiger partial charge < -0.3 is 14.4 Å². The first-order valence-electron chi connectivity index (χ1n) is 12.5. The number of nitrogens with zero attached hydrogens (tertiary/aromatic N) is 3. The van der Waals surface area contributed by atoms with Crippen LogP contribution in [0.2, 0.25) is 0 Å². The molecule has 4 rings (SSSR count). The number of piperidine rings is 1.